The highest BCUT2D eigenvalue weighted by atomic mass is 16.5. The highest BCUT2D eigenvalue weighted by molar-refractivity contribution is 5.38. The minimum Gasteiger partial charge on any atom is -0.496 e. The van der Waals surface area contributed by atoms with E-state index in [0.717, 1.165) is 16.9 Å². The molecule has 2 heteroatoms. The van der Waals surface area contributed by atoms with Crippen LogP contribution in [0.3, 0.4) is 0 Å². The molecule has 0 fully saturated rings. The summed E-state index contributed by atoms with van der Waals surface area (Å²) in [7, 11) is 1.66. The second-order valence-electron chi connectivity index (χ2n) is 4.11. The highest BCUT2D eigenvalue weighted by Gasteiger charge is 2.15. The molecule has 1 rings (SSSR count). The quantitative estimate of drug-likeness (QED) is 0.773. The van der Waals surface area contributed by atoms with Gasteiger partial charge in [-0.1, -0.05) is 25.1 Å². The van der Waals surface area contributed by atoms with E-state index in [2.05, 4.69) is 6.58 Å². The Morgan fingerprint density at radius 3 is 2.75 bits per heavy atom. The third-order valence-electron chi connectivity index (χ3n) is 2.94. The van der Waals surface area contributed by atoms with Crippen LogP contribution in [0.15, 0.2) is 30.9 Å². The number of aliphatic hydroxyl groups is 1. The van der Waals surface area contributed by atoms with E-state index in [1.54, 1.807) is 13.2 Å². The number of hydrogen-bond donors (Lipinski definition) is 1. The smallest absolute Gasteiger partial charge is 0.122 e. The molecule has 1 N–H and O–H groups in total. The maximum atomic E-state index is 9.89. The second-order valence-corrected chi connectivity index (χ2v) is 4.11. The molecule has 0 aromatic heterocycles. The van der Waals surface area contributed by atoms with Crippen LogP contribution in [0.1, 0.15) is 30.4 Å². The number of aryl methyl sites for hydroxylation is 1. The standard InChI is InChI=1S/C14H20O2/c1-5-6-13(15)11(3)12-8-7-10(2)14(9-12)16-4/h5,7-9,11,13,15H,1,6H2,2-4H3/t11-,13-/m1/s1. The van der Waals surface area contributed by atoms with Crippen LogP contribution in [-0.2, 0) is 0 Å². The lowest BCUT2D eigenvalue weighted by Crippen LogP contribution is -2.14. The van der Waals surface area contributed by atoms with Gasteiger partial charge in [0.2, 0.25) is 0 Å². The average molecular weight is 220 g/mol. The Kier molecular flexibility index (Phi) is 4.56. The van der Waals surface area contributed by atoms with Gasteiger partial charge in [0.1, 0.15) is 5.75 Å². The Hall–Kier alpha value is -1.28. The van der Waals surface area contributed by atoms with E-state index in [-0.39, 0.29) is 12.0 Å². The van der Waals surface area contributed by atoms with Crippen molar-refractivity contribution < 1.29 is 9.84 Å². The summed E-state index contributed by atoms with van der Waals surface area (Å²) in [5, 5.41) is 9.89. The molecule has 1 aromatic carbocycles. The molecule has 0 saturated heterocycles. The van der Waals surface area contributed by atoms with Crippen LogP contribution in [0.2, 0.25) is 0 Å². The first-order valence-corrected chi connectivity index (χ1v) is 5.53. The number of aliphatic hydroxyl groups excluding tert-OH is 1. The van der Waals surface area contributed by atoms with Gasteiger partial charge in [-0.2, -0.15) is 0 Å². The van der Waals surface area contributed by atoms with Gasteiger partial charge in [0, 0.05) is 5.92 Å². The molecule has 0 aliphatic heterocycles. The van der Waals surface area contributed by atoms with Gasteiger partial charge in [-0.3, -0.25) is 0 Å². The predicted octanol–water partition coefficient (Wildman–Crippen LogP) is 3.04. The van der Waals surface area contributed by atoms with Gasteiger partial charge in [0.25, 0.3) is 0 Å². The van der Waals surface area contributed by atoms with Crippen LogP contribution < -0.4 is 4.74 Å². The van der Waals surface area contributed by atoms with E-state index in [0.29, 0.717) is 6.42 Å². The number of benzene rings is 1. The molecule has 1 aromatic rings. The van der Waals surface area contributed by atoms with Crippen LogP contribution in [0.5, 0.6) is 5.75 Å². The summed E-state index contributed by atoms with van der Waals surface area (Å²) in [6.45, 7) is 7.66. The molecule has 88 valence electrons. The zero-order valence-electron chi connectivity index (χ0n) is 10.2. The van der Waals surface area contributed by atoms with Crippen molar-refractivity contribution in [1.82, 2.24) is 0 Å². The molecule has 0 bridgehead atoms. The number of hydrogen-bond acceptors (Lipinski definition) is 2. The molecule has 0 aliphatic rings. The zero-order valence-corrected chi connectivity index (χ0v) is 10.2. The van der Waals surface area contributed by atoms with Crippen LogP contribution in [0, 0.1) is 6.92 Å². The third-order valence-corrected chi connectivity index (χ3v) is 2.94. The van der Waals surface area contributed by atoms with Crippen molar-refractivity contribution in [2.24, 2.45) is 0 Å². The normalized spacial score (nSPS) is 14.2. The Morgan fingerprint density at radius 1 is 1.50 bits per heavy atom. The number of rotatable bonds is 5. The van der Waals surface area contributed by atoms with Crippen LogP contribution in [0.4, 0.5) is 0 Å². The van der Waals surface area contributed by atoms with Gasteiger partial charge >= 0.3 is 0 Å². The second kappa shape index (κ2) is 5.71. The zero-order chi connectivity index (χ0) is 12.1. The van der Waals surface area contributed by atoms with Gasteiger partial charge in [-0.15, -0.1) is 6.58 Å². The van der Waals surface area contributed by atoms with Crippen molar-refractivity contribution in [1.29, 1.82) is 0 Å². The molecule has 2 nitrogen and oxygen atoms in total. The Labute approximate surface area is 97.6 Å². The third kappa shape index (κ3) is 2.86. The molecule has 0 saturated carbocycles. The fourth-order valence-corrected chi connectivity index (χ4v) is 1.72. The monoisotopic (exact) mass is 220 g/mol. The molecule has 2 atom stereocenters. The Morgan fingerprint density at radius 2 is 2.19 bits per heavy atom. The first kappa shape index (κ1) is 12.8. The first-order valence-electron chi connectivity index (χ1n) is 5.53. The fourth-order valence-electron chi connectivity index (χ4n) is 1.72. The summed E-state index contributed by atoms with van der Waals surface area (Å²) < 4.78 is 5.27. The van der Waals surface area contributed by atoms with Gasteiger partial charge in [-0.25, -0.2) is 0 Å². The summed E-state index contributed by atoms with van der Waals surface area (Å²) in [4.78, 5) is 0. The molecule has 16 heavy (non-hydrogen) atoms. The molecule has 0 unspecified atom stereocenters. The van der Waals surface area contributed by atoms with E-state index in [4.69, 9.17) is 4.74 Å². The first-order chi connectivity index (χ1) is 7.60. The molecule has 0 spiro atoms. The topological polar surface area (TPSA) is 29.5 Å². The summed E-state index contributed by atoms with van der Waals surface area (Å²) in [5.41, 5.74) is 2.20. The molecule has 0 amide bonds. The number of ether oxygens (including phenoxy) is 1. The van der Waals surface area contributed by atoms with E-state index >= 15 is 0 Å². The maximum Gasteiger partial charge on any atom is 0.122 e. The largest absolute Gasteiger partial charge is 0.496 e. The minimum atomic E-state index is -0.384. The summed E-state index contributed by atoms with van der Waals surface area (Å²) >= 11 is 0. The van der Waals surface area contributed by atoms with Crippen LogP contribution in [-0.4, -0.2) is 18.3 Å². The molecule has 0 heterocycles. The van der Waals surface area contributed by atoms with E-state index in [1.165, 1.54) is 0 Å². The van der Waals surface area contributed by atoms with E-state index in [9.17, 15) is 5.11 Å². The lowest BCUT2D eigenvalue weighted by molar-refractivity contribution is 0.152. The van der Waals surface area contributed by atoms with Crippen molar-refractivity contribution in [3.8, 4) is 5.75 Å². The van der Waals surface area contributed by atoms with Crippen LogP contribution >= 0.6 is 0 Å². The van der Waals surface area contributed by atoms with Gasteiger partial charge in [-0.05, 0) is 30.5 Å². The molecule has 0 aliphatic carbocycles. The van der Waals surface area contributed by atoms with Crippen molar-refractivity contribution >= 4 is 0 Å². The van der Waals surface area contributed by atoms with Gasteiger partial charge in [0.15, 0.2) is 0 Å². The summed E-state index contributed by atoms with van der Waals surface area (Å²) in [6.07, 6.45) is 1.97. The lowest BCUT2D eigenvalue weighted by atomic mass is 9.92. The number of methoxy groups -OCH3 is 1. The fraction of sp³-hybridized carbons (Fsp3) is 0.429. The van der Waals surface area contributed by atoms with Gasteiger partial charge < -0.3 is 9.84 Å². The van der Waals surface area contributed by atoms with Crippen LogP contribution in [0.25, 0.3) is 0 Å². The van der Waals surface area contributed by atoms with E-state index < -0.39 is 0 Å². The predicted molar refractivity (Wildman–Crippen MR) is 67.0 cm³/mol. The van der Waals surface area contributed by atoms with Gasteiger partial charge in [0.05, 0.1) is 13.2 Å². The average Bonchev–Trinajstić information content (AvgIpc) is 2.29. The van der Waals surface area contributed by atoms with Crippen molar-refractivity contribution in [3.05, 3.63) is 42.0 Å². The Bertz CT molecular complexity index is 358. The Balaban J connectivity index is 2.91. The van der Waals surface area contributed by atoms with E-state index in [1.807, 2.05) is 32.0 Å². The molecule has 0 radical (unpaired) electrons. The molecular formula is C14H20O2. The summed E-state index contributed by atoms with van der Waals surface area (Å²) in [6, 6.07) is 6.05. The molecular weight excluding hydrogens is 200 g/mol. The van der Waals surface area contributed by atoms with Crippen molar-refractivity contribution in [2.75, 3.05) is 7.11 Å². The lowest BCUT2D eigenvalue weighted by Gasteiger charge is -2.19. The van der Waals surface area contributed by atoms with Crippen molar-refractivity contribution in [2.45, 2.75) is 32.3 Å². The van der Waals surface area contributed by atoms with Crippen molar-refractivity contribution in [3.63, 3.8) is 0 Å². The minimum absolute atomic E-state index is 0.0903. The summed E-state index contributed by atoms with van der Waals surface area (Å²) in [5.74, 6) is 0.961. The maximum absolute atomic E-state index is 9.89. The SMILES string of the molecule is C=CC[C@@H](O)[C@H](C)c1ccc(C)c(OC)c1. The highest BCUT2D eigenvalue weighted by Crippen LogP contribution is 2.27.